The van der Waals surface area contributed by atoms with Crippen molar-refractivity contribution in [2.45, 2.75) is 19.4 Å². The Morgan fingerprint density at radius 2 is 2.03 bits per heavy atom. The summed E-state index contributed by atoms with van der Waals surface area (Å²) in [4.78, 5) is 25.7. The van der Waals surface area contributed by atoms with Crippen molar-refractivity contribution >= 4 is 28.1 Å². The molecule has 30 heavy (non-hydrogen) atoms. The Morgan fingerprint density at radius 3 is 2.70 bits per heavy atom. The first-order valence-corrected chi connectivity index (χ1v) is 10.6. The number of halogens is 1. The molecule has 3 heterocycles. The van der Waals surface area contributed by atoms with Gasteiger partial charge in [-0.15, -0.1) is 11.3 Å². The van der Waals surface area contributed by atoms with Gasteiger partial charge in [0.1, 0.15) is 5.82 Å². The summed E-state index contributed by atoms with van der Waals surface area (Å²) in [5.74, 6) is -0.463. The largest absolute Gasteiger partial charge is 0.348 e. The van der Waals surface area contributed by atoms with Gasteiger partial charge >= 0.3 is 0 Å². The first-order chi connectivity index (χ1) is 14.6. The number of thiazole rings is 1. The molecule has 4 rings (SSSR count). The summed E-state index contributed by atoms with van der Waals surface area (Å²) in [6.07, 6.45) is 4.81. The fourth-order valence-electron chi connectivity index (χ4n) is 3.42. The lowest BCUT2D eigenvalue weighted by molar-refractivity contribution is 0.0984. The maximum absolute atomic E-state index is 13.4. The van der Waals surface area contributed by atoms with Crippen LogP contribution in [-0.4, -0.2) is 29.0 Å². The second-order valence-corrected chi connectivity index (χ2v) is 7.96. The molecule has 0 atom stereocenters. The molecule has 0 radical (unpaired) electrons. The van der Waals surface area contributed by atoms with Gasteiger partial charge in [-0.05, 0) is 49.2 Å². The van der Waals surface area contributed by atoms with Gasteiger partial charge in [0.25, 0.3) is 5.91 Å². The minimum absolute atomic E-state index is 0.117. The summed E-state index contributed by atoms with van der Waals surface area (Å²) in [5, 5.41) is 11.9. The maximum atomic E-state index is 13.4. The number of aromatic nitrogens is 2. The van der Waals surface area contributed by atoms with Gasteiger partial charge in [-0.1, -0.05) is 0 Å². The molecule has 1 amide bonds. The van der Waals surface area contributed by atoms with Crippen LogP contribution in [0.5, 0.6) is 0 Å². The Kier molecular flexibility index (Phi) is 6.00. The van der Waals surface area contributed by atoms with Crippen LogP contribution in [0.1, 0.15) is 28.9 Å². The first-order valence-electron chi connectivity index (χ1n) is 9.70. The van der Waals surface area contributed by atoms with Crippen molar-refractivity contribution in [2.24, 2.45) is 5.92 Å². The highest BCUT2D eigenvalue weighted by atomic mass is 32.1. The van der Waals surface area contributed by atoms with Gasteiger partial charge in [0.2, 0.25) is 0 Å². The van der Waals surface area contributed by atoms with E-state index in [2.05, 4.69) is 16.0 Å². The molecular weight excluding hydrogens is 401 g/mol. The van der Waals surface area contributed by atoms with Crippen LogP contribution >= 0.6 is 11.3 Å². The highest BCUT2D eigenvalue weighted by Gasteiger charge is 2.23. The van der Waals surface area contributed by atoms with Crippen molar-refractivity contribution in [3.8, 4) is 6.07 Å². The molecule has 0 N–H and O–H groups in total. The molecule has 0 spiro atoms. The summed E-state index contributed by atoms with van der Waals surface area (Å²) in [6.45, 7) is 1.88. The van der Waals surface area contributed by atoms with E-state index in [1.807, 2.05) is 5.38 Å². The quantitative estimate of drug-likeness (QED) is 0.615. The highest BCUT2D eigenvalue weighted by molar-refractivity contribution is 7.13. The zero-order valence-corrected chi connectivity index (χ0v) is 17.1. The van der Waals surface area contributed by atoms with Crippen molar-refractivity contribution in [2.75, 3.05) is 22.9 Å². The number of pyridine rings is 1. The van der Waals surface area contributed by atoms with Gasteiger partial charge in [-0.25, -0.2) is 9.37 Å². The smallest absolute Gasteiger partial charge is 0.260 e. The third-order valence-electron chi connectivity index (χ3n) is 5.10. The molecule has 1 aliphatic heterocycles. The van der Waals surface area contributed by atoms with Crippen LogP contribution in [0.2, 0.25) is 0 Å². The van der Waals surface area contributed by atoms with E-state index in [4.69, 9.17) is 10.2 Å². The number of piperidine rings is 1. The first kappa shape index (κ1) is 20.0. The number of rotatable bonds is 5. The van der Waals surface area contributed by atoms with E-state index in [1.165, 1.54) is 29.7 Å². The van der Waals surface area contributed by atoms with Gasteiger partial charge in [-0.2, -0.15) is 5.26 Å². The second-order valence-electron chi connectivity index (χ2n) is 7.12. The molecule has 0 unspecified atom stereocenters. The second kappa shape index (κ2) is 9.01. The number of benzene rings is 1. The number of anilines is 2. The lowest BCUT2D eigenvalue weighted by Gasteiger charge is -2.28. The van der Waals surface area contributed by atoms with Crippen LogP contribution in [0.3, 0.4) is 0 Å². The van der Waals surface area contributed by atoms with Gasteiger partial charge in [0.05, 0.1) is 23.9 Å². The Balaban J connectivity index is 1.55. The van der Waals surface area contributed by atoms with E-state index in [0.29, 0.717) is 11.3 Å². The molecular formula is C22H20FN5OS. The number of carbonyl (C=O) groups excluding carboxylic acids is 1. The molecule has 1 aromatic carbocycles. The van der Waals surface area contributed by atoms with Crippen LogP contribution in [0.4, 0.5) is 15.2 Å². The SMILES string of the molecule is N#CC1CCN(c2nc(CN(C(=O)c3cccnc3)c3ccc(F)cc3)cs2)CC1. The monoisotopic (exact) mass is 421 g/mol. The van der Waals surface area contributed by atoms with Crippen molar-refractivity contribution in [1.82, 2.24) is 9.97 Å². The molecule has 1 fully saturated rings. The summed E-state index contributed by atoms with van der Waals surface area (Å²) in [7, 11) is 0. The predicted octanol–water partition coefficient (Wildman–Crippen LogP) is 4.26. The number of nitrogens with zero attached hydrogens (tertiary/aromatic N) is 5. The molecule has 2 aromatic heterocycles. The topological polar surface area (TPSA) is 73.1 Å². The Hall–Kier alpha value is -3.31. The van der Waals surface area contributed by atoms with Crippen LogP contribution in [0.15, 0.2) is 54.2 Å². The molecule has 152 valence electrons. The third kappa shape index (κ3) is 4.47. The zero-order valence-electron chi connectivity index (χ0n) is 16.2. The number of hydrogen-bond acceptors (Lipinski definition) is 6. The fraction of sp³-hybridized carbons (Fsp3) is 0.273. The molecule has 1 aliphatic rings. The number of carbonyl (C=O) groups is 1. The van der Waals surface area contributed by atoms with E-state index in [-0.39, 0.29) is 24.2 Å². The van der Waals surface area contributed by atoms with Crippen LogP contribution < -0.4 is 9.80 Å². The lowest BCUT2D eigenvalue weighted by atomic mass is 9.99. The van der Waals surface area contributed by atoms with Crippen molar-refractivity contribution in [3.05, 3.63) is 71.2 Å². The van der Waals surface area contributed by atoms with Gasteiger partial charge in [0.15, 0.2) is 5.13 Å². The van der Waals surface area contributed by atoms with Crippen molar-refractivity contribution < 1.29 is 9.18 Å². The Bertz CT molecular complexity index is 1040. The summed E-state index contributed by atoms with van der Waals surface area (Å²) in [6, 6.07) is 11.6. The third-order valence-corrected chi connectivity index (χ3v) is 6.05. The molecule has 0 bridgehead atoms. The van der Waals surface area contributed by atoms with Crippen LogP contribution in [0.25, 0.3) is 0 Å². The molecule has 8 heteroatoms. The number of amides is 1. The Morgan fingerprint density at radius 1 is 1.27 bits per heavy atom. The van der Waals surface area contributed by atoms with Crippen LogP contribution in [-0.2, 0) is 6.54 Å². The minimum atomic E-state index is -0.357. The Labute approximate surface area is 178 Å². The summed E-state index contributed by atoms with van der Waals surface area (Å²) < 4.78 is 13.4. The van der Waals surface area contributed by atoms with Gasteiger partial charge < -0.3 is 9.80 Å². The molecule has 6 nitrogen and oxygen atoms in total. The van der Waals surface area contributed by atoms with E-state index in [0.717, 1.165) is 36.8 Å². The summed E-state index contributed by atoms with van der Waals surface area (Å²) in [5.41, 5.74) is 1.81. The molecule has 3 aromatic rings. The minimum Gasteiger partial charge on any atom is -0.348 e. The normalized spacial score (nSPS) is 14.3. The van der Waals surface area contributed by atoms with E-state index >= 15 is 0 Å². The highest BCUT2D eigenvalue weighted by Crippen LogP contribution is 2.28. The molecule has 0 aliphatic carbocycles. The number of hydrogen-bond donors (Lipinski definition) is 0. The van der Waals surface area contributed by atoms with Gasteiger partial charge in [0, 0.05) is 42.5 Å². The zero-order chi connectivity index (χ0) is 20.9. The van der Waals surface area contributed by atoms with Crippen molar-refractivity contribution in [3.63, 3.8) is 0 Å². The summed E-state index contributed by atoms with van der Waals surface area (Å²) >= 11 is 1.53. The average Bonchev–Trinajstić information content (AvgIpc) is 3.27. The van der Waals surface area contributed by atoms with Gasteiger partial charge in [-0.3, -0.25) is 9.78 Å². The number of nitriles is 1. The maximum Gasteiger partial charge on any atom is 0.260 e. The van der Waals surface area contributed by atoms with Crippen LogP contribution in [0, 0.1) is 23.1 Å². The van der Waals surface area contributed by atoms with E-state index in [9.17, 15) is 9.18 Å². The predicted molar refractivity (Wildman–Crippen MR) is 114 cm³/mol. The average molecular weight is 422 g/mol. The van der Waals surface area contributed by atoms with E-state index in [1.54, 1.807) is 35.4 Å². The lowest BCUT2D eigenvalue weighted by Crippen LogP contribution is -2.33. The standard InChI is InChI=1S/C22H20FN5OS/c23-18-3-5-20(6-4-18)28(21(29)17-2-1-9-25-13-17)14-19-15-30-22(26-19)27-10-7-16(12-24)8-11-27/h1-6,9,13,15-16H,7-8,10-11,14H2. The van der Waals surface area contributed by atoms with E-state index < -0.39 is 0 Å². The molecule has 1 saturated heterocycles. The molecule has 0 saturated carbocycles. The van der Waals surface area contributed by atoms with Crippen molar-refractivity contribution in [1.29, 1.82) is 5.26 Å². The fourth-order valence-corrected chi connectivity index (χ4v) is 4.29.